The lowest BCUT2D eigenvalue weighted by atomic mass is 9.93. The molecule has 0 unspecified atom stereocenters. The topological polar surface area (TPSA) is 65.5 Å². The van der Waals surface area contributed by atoms with Crippen molar-refractivity contribution in [2.45, 2.75) is 33.6 Å². The van der Waals surface area contributed by atoms with Gasteiger partial charge in [0.2, 0.25) is 5.91 Å². The number of amides is 1. The predicted molar refractivity (Wildman–Crippen MR) is 104 cm³/mol. The molecule has 1 amide bonds. The van der Waals surface area contributed by atoms with Crippen molar-refractivity contribution < 1.29 is 9.18 Å². The van der Waals surface area contributed by atoms with Crippen molar-refractivity contribution in [1.82, 2.24) is 16.0 Å². The molecule has 0 aliphatic rings. The Labute approximate surface area is 158 Å². The van der Waals surface area contributed by atoms with E-state index < -0.39 is 5.41 Å². The molecule has 0 aliphatic heterocycles. The minimum atomic E-state index is -0.572. The number of hydrogen-bond donors (Lipinski definition) is 3. The number of halogens is 2. The van der Waals surface area contributed by atoms with Crippen LogP contribution < -0.4 is 16.0 Å². The van der Waals surface area contributed by atoms with E-state index in [1.807, 2.05) is 26.8 Å². The average Bonchev–Trinajstić information content (AvgIpc) is 2.57. The minimum absolute atomic E-state index is 0.0437. The molecule has 0 atom stereocenters. The number of benzene rings is 1. The van der Waals surface area contributed by atoms with Gasteiger partial charge in [0, 0.05) is 24.6 Å². The summed E-state index contributed by atoms with van der Waals surface area (Å²) in [7, 11) is 1.62. The van der Waals surface area contributed by atoms with Gasteiger partial charge in [-0.3, -0.25) is 9.79 Å². The van der Waals surface area contributed by atoms with Crippen LogP contribution in [-0.2, 0) is 11.2 Å². The van der Waals surface area contributed by atoms with E-state index in [0.29, 0.717) is 31.0 Å². The van der Waals surface area contributed by atoms with Gasteiger partial charge in [-0.15, -0.1) is 0 Å². The van der Waals surface area contributed by atoms with Gasteiger partial charge in [0.05, 0.1) is 12.0 Å². The second kappa shape index (κ2) is 10.4. The summed E-state index contributed by atoms with van der Waals surface area (Å²) < 4.78 is 14.5. The molecular formula is C18H28BrFN4O. The van der Waals surface area contributed by atoms with E-state index in [4.69, 9.17) is 0 Å². The molecule has 0 fully saturated rings. The normalized spacial score (nSPS) is 12.0. The lowest BCUT2D eigenvalue weighted by Gasteiger charge is -2.21. The van der Waals surface area contributed by atoms with Crippen LogP contribution in [0, 0.1) is 11.2 Å². The van der Waals surface area contributed by atoms with Crippen molar-refractivity contribution in [3.8, 4) is 0 Å². The average molecular weight is 415 g/mol. The molecule has 0 radical (unpaired) electrons. The molecule has 0 spiro atoms. The Morgan fingerprint density at radius 2 is 2.04 bits per heavy atom. The molecule has 3 N–H and O–H groups in total. The number of aryl methyl sites for hydroxylation is 1. The lowest BCUT2D eigenvalue weighted by molar-refractivity contribution is -0.128. The molecule has 7 heteroatoms. The Hall–Kier alpha value is -1.63. The standard InChI is InChI=1S/C18H28BrFN4O/c1-5-22-17(24-12-18(2,3)16(25)21-4)23-10-6-7-13-8-9-14(19)11-15(13)20/h8-9,11H,5-7,10,12H2,1-4H3,(H,21,25)(H2,22,23,24). The van der Waals surface area contributed by atoms with Crippen LogP contribution in [0.5, 0.6) is 0 Å². The molecule has 1 aromatic carbocycles. The summed E-state index contributed by atoms with van der Waals surface area (Å²) in [6, 6.07) is 5.12. The fraction of sp³-hybridized carbons (Fsp3) is 0.556. The summed E-state index contributed by atoms with van der Waals surface area (Å²) in [5.41, 5.74) is 0.130. The predicted octanol–water partition coefficient (Wildman–Crippen LogP) is 2.85. The van der Waals surface area contributed by atoms with Crippen molar-refractivity contribution in [1.29, 1.82) is 0 Å². The summed E-state index contributed by atoms with van der Waals surface area (Å²) in [4.78, 5) is 16.3. The maximum absolute atomic E-state index is 13.8. The number of guanidine groups is 1. The molecule has 0 saturated carbocycles. The molecule has 25 heavy (non-hydrogen) atoms. The third-order valence-electron chi connectivity index (χ3n) is 3.75. The highest BCUT2D eigenvalue weighted by Crippen LogP contribution is 2.16. The second-order valence-corrected chi connectivity index (χ2v) is 7.34. The zero-order chi connectivity index (χ0) is 18.9. The second-order valence-electron chi connectivity index (χ2n) is 6.42. The lowest BCUT2D eigenvalue weighted by Crippen LogP contribution is -2.41. The number of nitrogens with one attached hydrogen (secondary N) is 3. The van der Waals surface area contributed by atoms with Crippen molar-refractivity contribution in [3.63, 3.8) is 0 Å². The van der Waals surface area contributed by atoms with Crippen LogP contribution in [0.3, 0.4) is 0 Å². The third-order valence-corrected chi connectivity index (χ3v) is 4.24. The molecular weight excluding hydrogens is 387 g/mol. The first-order chi connectivity index (χ1) is 11.8. The van der Waals surface area contributed by atoms with E-state index >= 15 is 0 Å². The minimum Gasteiger partial charge on any atom is -0.359 e. The summed E-state index contributed by atoms with van der Waals surface area (Å²) >= 11 is 3.26. The van der Waals surface area contributed by atoms with E-state index in [2.05, 4.69) is 36.9 Å². The summed E-state index contributed by atoms with van der Waals surface area (Å²) in [6.07, 6.45) is 1.43. The quantitative estimate of drug-likeness (QED) is 0.348. The van der Waals surface area contributed by atoms with E-state index in [0.717, 1.165) is 17.4 Å². The summed E-state index contributed by atoms with van der Waals surface area (Å²) in [6.45, 7) is 7.47. The van der Waals surface area contributed by atoms with Gasteiger partial charge in [-0.25, -0.2) is 4.39 Å². The smallest absolute Gasteiger partial charge is 0.227 e. The van der Waals surface area contributed by atoms with Gasteiger partial charge in [-0.2, -0.15) is 0 Å². The van der Waals surface area contributed by atoms with Gasteiger partial charge in [0.15, 0.2) is 5.96 Å². The monoisotopic (exact) mass is 414 g/mol. The van der Waals surface area contributed by atoms with E-state index in [1.165, 1.54) is 6.07 Å². The highest BCUT2D eigenvalue weighted by atomic mass is 79.9. The van der Waals surface area contributed by atoms with Gasteiger partial charge in [-0.1, -0.05) is 22.0 Å². The molecule has 1 rings (SSSR count). The summed E-state index contributed by atoms with van der Waals surface area (Å²) in [5, 5.41) is 9.04. The molecule has 1 aromatic rings. The van der Waals surface area contributed by atoms with E-state index in [9.17, 15) is 9.18 Å². The SMILES string of the molecule is CCNC(=NCC(C)(C)C(=O)NC)NCCCc1ccc(Br)cc1F. The van der Waals surface area contributed by atoms with Gasteiger partial charge >= 0.3 is 0 Å². The molecule has 5 nitrogen and oxygen atoms in total. The molecule has 0 bridgehead atoms. The number of carbonyl (C=O) groups is 1. The van der Waals surface area contributed by atoms with Crippen LogP contribution in [0.25, 0.3) is 0 Å². The third kappa shape index (κ3) is 7.42. The van der Waals surface area contributed by atoms with Crippen LogP contribution in [0.2, 0.25) is 0 Å². The van der Waals surface area contributed by atoms with Crippen molar-refractivity contribution in [2.24, 2.45) is 10.4 Å². The van der Waals surface area contributed by atoms with Crippen LogP contribution >= 0.6 is 15.9 Å². The van der Waals surface area contributed by atoms with Gasteiger partial charge in [0.25, 0.3) is 0 Å². The van der Waals surface area contributed by atoms with Crippen molar-refractivity contribution >= 4 is 27.8 Å². The van der Waals surface area contributed by atoms with Crippen LogP contribution in [-0.4, -0.2) is 38.5 Å². The Morgan fingerprint density at radius 1 is 1.32 bits per heavy atom. The molecule has 0 saturated heterocycles. The largest absolute Gasteiger partial charge is 0.359 e. The van der Waals surface area contributed by atoms with Gasteiger partial charge in [0.1, 0.15) is 5.82 Å². The van der Waals surface area contributed by atoms with E-state index in [-0.39, 0.29) is 11.7 Å². The molecule has 140 valence electrons. The Bertz CT molecular complexity index is 605. The highest BCUT2D eigenvalue weighted by Gasteiger charge is 2.26. The zero-order valence-electron chi connectivity index (χ0n) is 15.4. The Morgan fingerprint density at radius 3 is 2.64 bits per heavy atom. The Kier molecular flexibility index (Phi) is 8.89. The first-order valence-electron chi connectivity index (χ1n) is 8.48. The number of carbonyl (C=O) groups excluding carboxylic acids is 1. The Balaban J connectivity index is 2.52. The first kappa shape index (κ1) is 21.4. The summed E-state index contributed by atoms with van der Waals surface area (Å²) in [5.74, 6) is 0.427. The highest BCUT2D eigenvalue weighted by molar-refractivity contribution is 9.10. The number of aliphatic imine (C=N–C) groups is 1. The van der Waals surface area contributed by atoms with Crippen LogP contribution in [0.1, 0.15) is 32.8 Å². The van der Waals surface area contributed by atoms with Crippen LogP contribution in [0.4, 0.5) is 4.39 Å². The van der Waals surface area contributed by atoms with Crippen LogP contribution in [0.15, 0.2) is 27.7 Å². The van der Waals surface area contributed by atoms with Gasteiger partial charge in [-0.05, 0) is 51.3 Å². The van der Waals surface area contributed by atoms with Crippen molar-refractivity contribution in [2.75, 3.05) is 26.7 Å². The number of rotatable bonds is 8. The molecule has 0 aliphatic carbocycles. The number of hydrogen-bond acceptors (Lipinski definition) is 2. The first-order valence-corrected chi connectivity index (χ1v) is 9.27. The van der Waals surface area contributed by atoms with Crippen molar-refractivity contribution in [3.05, 3.63) is 34.1 Å². The fourth-order valence-corrected chi connectivity index (χ4v) is 2.57. The molecule has 0 heterocycles. The maximum atomic E-state index is 13.8. The molecule has 0 aromatic heterocycles. The van der Waals surface area contributed by atoms with E-state index in [1.54, 1.807) is 13.1 Å². The van der Waals surface area contributed by atoms with Gasteiger partial charge < -0.3 is 16.0 Å². The maximum Gasteiger partial charge on any atom is 0.227 e. The zero-order valence-corrected chi connectivity index (χ0v) is 17.0. The number of nitrogens with zero attached hydrogens (tertiary/aromatic N) is 1. The fourth-order valence-electron chi connectivity index (χ4n) is 2.24.